The van der Waals surface area contributed by atoms with Gasteiger partial charge in [0.15, 0.2) is 5.75 Å². The summed E-state index contributed by atoms with van der Waals surface area (Å²) in [4.78, 5) is 21.1. The number of rotatable bonds is 10. The summed E-state index contributed by atoms with van der Waals surface area (Å²) in [6.45, 7) is 4.25. The van der Waals surface area contributed by atoms with Crippen LogP contribution in [-0.4, -0.2) is 62.1 Å². The molecule has 1 amide bonds. The zero-order valence-corrected chi connectivity index (χ0v) is 21.9. The standard InChI is InChI=1S/C27H31ClN4O5/c1-27(9-12-37-27)15-36-20-14-29-10-7-17(20)23-24(31-19-6-4-5-18(28)25(19)35-3)21-22(32-23)16(8-11-34-2)13-30-26(21)33/h4-7,10,14,16,31-32H,8-9,11-13,15H2,1-3H3,(H,30,33)/t16-,27-/m0/s1. The van der Waals surface area contributed by atoms with E-state index in [1.807, 2.05) is 25.1 Å². The first-order valence-corrected chi connectivity index (χ1v) is 12.7. The van der Waals surface area contributed by atoms with E-state index in [4.69, 9.17) is 30.5 Å². The number of hydrogen-bond donors (Lipinski definition) is 3. The summed E-state index contributed by atoms with van der Waals surface area (Å²) in [5.74, 6) is 0.963. The van der Waals surface area contributed by atoms with Gasteiger partial charge in [0.25, 0.3) is 5.91 Å². The van der Waals surface area contributed by atoms with E-state index in [9.17, 15) is 4.79 Å². The fourth-order valence-corrected chi connectivity index (χ4v) is 5.00. The molecular weight excluding hydrogens is 496 g/mol. The number of ether oxygens (including phenoxy) is 4. The van der Waals surface area contributed by atoms with Crippen LogP contribution in [0.2, 0.25) is 5.02 Å². The van der Waals surface area contributed by atoms with Gasteiger partial charge in [0.2, 0.25) is 0 Å². The number of anilines is 2. The topological polar surface area (TPSA) is 107 Å². The Hall–Kier alpha value is -3.27. The Kier molecular flexibility index (Phi) is 7.28. The van der Waals surface area contributed by atoms with E-state index in [1.165, 1.54) is 0 Å². The van der Waals surface area contributed by atoms with Crippen LogP contribution in [0.25, 0.3) is 11.3 Å². The molecule has 37 heavy (non-hydrogen) atoms. The molecule has 2 aliphatic rings. The molecular formula is C27H31ClN4O5. The largest absolute Gasteiger partial charge is 0.493 e. The molecule has 9 nitrogen and oxygen atoms in total. The van der Waals surface area contributed by atoms with Crippen molar-refractivity contribution in [3.05, 3.63) is 52.9 Å². The predicted molar refractivity (Wildman–Crippen MR) is 141 cm³/mol. The fourth-order valence-electron chi connectivity index (χ4n) is 4.75. The second-order valence-corrected chi connectivity index (χ2v) is 9.91. The highest BCUT2D eigenvalue weighted by Crippen LogP contribution is 2.45. The minimum absolute atomic E-state index is 0.0525. The molecule has 2 aliphatic heterocycles. The monoisotopic (exact) mass is 526 g/mol. The summed E-state index contributed by atoms with van der Waals surface area (Å²) in [7, 11) is 3.24. The van der Waals surface area contributed by atoms with Crippen molar-refractivity contribution >= 4 is 28.9 Å². The van der Waals surface area contributed by atoms with Gasteiger partial charge in [-0.3, -0.25) is 9.78 Å². The van der Waals surface area contributed by atoms with Crippen molar-refractivity contribution in [2.45, 2.75) is 31.3 Å². The minimum Gasteiger partial charge on any atom is -0.493 e. The number of hydrogen-bond acceptors (Lipinski definition) is 7. The molecule has 0 radical (unpaired) electrons. The number of carbonyl (C=O) groups is 1. The molecule has 10 heteroatoms. The summed E-state index contributed by atoms with van der Waals surface area (Å²) in [5.41, 5.74) is 3.80. The first-order chi connectivity index (χ1) is 17.9. The number of benzene rings is 1. The zero-order valence-electron chi connectivity index (χ0n) is 21.2. The van der Waals surface area contributed by atoms with Gasteiger partial charge in [0.05, 0.1) is 47.6 Å². The van der Waals surface area contributed by atoms with Gasteiger partial charge < -0.3 is 34.6 Å². The van der Waals surface area contributed by atoms with Crippen LogP contribution in [0.4, 0.5) is 11.4 Å². The van der Waals surface area contributed by atoms with Gasteiger partial charge in [-0.15, -0.1) is 0 Å². The average molecular weight is 527 g/mol. The minimum atomic E-state index is -0.317. The van der Waals surface area contributed by atoms with Gasteiger partial charge in [-0.2, -0.15) is 0 Å². The first-order valence-electron chi connectivity index (χ1n) is 12.3. The molecule has 0 unspecified atom stereocenters. The molecule has 0 bridgehead atoms. The zero-order chi connectivity index (χ0) is 26.0. The Labute approximate surface area is 220 Å². The maximum atomic E-state index is 13.3. The van der Waals surface area contributed by atoms with Crippen LogP contribution in [0.1, 0.15) is 41.7 Å². The van der Waals surface area contributed by atoms with Gasteiger partial charge in [0.1, 0.15) is 18.0 Å². The molecule has 0 saturated carbocycles. The number of carbonyl (C=O) groups excluding carboxylic acids is 1. The van der Waals surface area contributed by atoms with Gasteiger partial charge in [-0.1, -0.05) is 17.7 Å². The third-order valence-electron chi connectivity index (χ3n) is 6.94. The number of amides is 1. The van der Waals surface area contributed by atoms with Crippen molar-refractivity contribution in [1.82, 2.24) is 15.3 Å². The molecule has 0 spiro atoms. The van der Waals surface area contributed by atoms with Crippen LogP contribution in [0.5, 0.6) is 11.5 Å². The maximum absolute atomic E-state index is 13.3. The second kappa shape index (κ2) is 10.6. The Balaban J connectivity index is 1.62. The lowest BCUT2D eigenvalue weighted by atomic mass is 9.93. The van der Waals surface area contributed by atoms with Crippen LogP contribution < -0.4 is 20.1 Å². The smallest absolute Gasteiger partial charge is 0.255 e. The number of nitrogens with zero attached hydrogens (tertiary/aromatic N) is 1. The van der Waals surface area contributed by atoms with E-state index < -0.39 is 0 Å². The lowest BCUT2D eigenvalue weighted by Gasteiger charge is -2.38. The highest BCUT2D eigenvalue weighted by Gasteiger charge is 2.36. The molecule has 3 aromatic rings. The second-order valence-electron chi connectivity index (χ2n) is 9.51. The number of para-hydroxylation sites is 1. The number of methoxy groups -OCH3 is 2. The van der Waals surface area contributed by atoms with Crippen molar-refractivity contribution in [2.24, 2.45) is 0 Å². The van der Waals surface area contributed by atoms with Gasteiger partial charge in [0, 0.05) is 50.1 Å². The molecule has 4 heterocycles. The van der Waals surface area contributed by atoms with Crippen molar-refractivity contribution in [3.8, 4) is 22.8 Å². The van der Waals surface area contributed by atoms with Crippen LogP contribution >= 0.6 is 11.6 Å². The third kappa shape index (κ3) is 4.99. The Morgan fingerprint density at radius 2 is 2.14 bits per heavy atom. The van der Waals surface area contributed by atoms with Gasteiger partial charge >= 0.3 is 0 Å². The Morgan fingerprint density at radius 3 is 2.86 bits per heavy atom. The summed E-state index contributed by atoms with van der Waals surface area (Å²) in [6, 6.07) is 7.31. The molecule has 2 atom stereocenters. The predicted octanol–water partition coefficient (Wildman–Crippen LogP) is 4.90. The highest BCUT2D eigenvalue weighted by atomic mass is 35.5. The molecule has 1 saturated heterocycles. The number of fused-ring (bicyclic) bond motifs is 1. The van der Waals surface area contributed by atoms with E-state index in [0.717, 1.165) is 30.7 Å². The van der Waals surface area contributed by atoms with Crippen molar-refractivity contribution in [1.29, 1.82) is 0 Å². The lowest BCUT2D eigenvalue weighted by molar-refractivity contribution is -0.152. The normalized spacial score (nSPS) is 20.5. The molecule has 0 aliphatic carbocycles. The summed E-state index contributed by atoms with van der Waals surface area (Å²) < 4.78 is 22.8. The molecule has 196 valence electrons. The van der Waals surface area contributed by atoms with Crippen LogP contribution in [-0.2, 0) is 9.47 Å². The molecule has 3 N–H and O–H groups in total. The molecule has 1 aromatic carbocycles. The van der Waals surface area contributed by atoms with Crippen LogP contribution in [0, 0.1) is 0 Å². The maximum Gasteiger partial charge on any atom is 0.255 e. The SMILES string of the molecule is COCC[C@H]1CNC(=O)c2c1[nH]c(-c1ccncc1OC[C@]1(C)CCO1)c2Nc1cccc(Cl)c1OC. The summed E-state index contributed by atoms with van der Waals surface area (Å²) >= 11 is 6.40. The fraction of sp³-hybridized carbons (Fsp3) is 0.407. The van der Waals surface area contributed by atoms with Crippen LogP contribution in [0.3, 0.4) is 0 Å². The number of aromatic amines is 1. The number of H-pyrrole nitrogens is 1. The number of aromatic nitrogens is 2. The number of nitrogens with one attached hydrogen (secondary N) is 3. The third-order valence-corrected chi connectivity index (χ3v) is 7.24. The lowest BCUT2D eigenvalue weighted by Crippen LogP contribution is -2.45. The first kappa shape index (κ1) is 25.4. The van der Waals surface area contributed by atoms with E-state index in [1.54, 1.807) is 32.7 Å². The quantitative estimate of drug-likeness (QED) is 0.345. The van der Waals surface area contributed by atoms with Gasteiger partial charge in [-0.25, -0.2) is 0 Å². The van der Waals surface area contributed by atoms with E-state index in [0.29, 0.717) is 58.9 Å². The Morgan fingerprint density at radius 1 is 1.30 bits per heavy atom. The van der Waals surface area contributed by atoms with Crippen LogP contribution in [0.15, 0.2) is 36.7 Å². The molecule has 1 fully saturated rings. The average Bonchev–Trinajstić information content (AvgIpc) is 3.26. The summed E-state index contributed by atoms with van der Waals surface area (Å²) in [6.07, 6.45) is 5.07. The molecule has 2 aromatic heterocycles. The highest BCUT2D eigenvalue weighted by molar-refractivity contribution is 6.32. The summed E-state index contributed by atoms with van der Waals surface area (Å²) in [5, 5.41) is 6.93. The molecule has 5 rings (SSSR count). The van der Waals surface area contributed by atoms with E-state index in [-0.39, 0.29) is 17.4 Å². The number of pyridine rings is 1. The van der Waals surface area contributed by atoms with Crippen molar-refractivity contribution in [2.75, 3.05) is 45.9 Å². The van der Waals surface area contributed by atoms with E-state index >= 15 is 0 Å². The van der Waals surface area contributed by atoms with E-state index in [2.05, 4.69) is 20.6 Å². The van der Waals surface area contributed by atoms with Gasteiger partial charge in [-0.05, 0) is 31.5 Å². The van der Waals surface area contributed by atoms with Crippen molar-refractivity contribution < 1.29 is 23.7 Å². The van der Waals surface area contributed by atoms with Crippen molar-refractivity contribution in [3.63, 3.8) is 0 Å². The Bertz CT molecular complexity index is 1290. The number of halogens is 1.